The minimum Gasteiger partial charge on any atom is -0.656 e. The van der Waals surface area contributed by atoms with E-state index in [0.29, 0.717) is 0 Å². The Morgan fingerprint density at radius 1 is 0.630 bits per heavy atom. The van der Waals surface area contributed by atoms with Gasteiger partial charge in [-0.2, -0.15) is 0 Å². The van der Waals surface area contributed by atoms with E-state index in [2.05, 4.69) is 48.1 Å². The average molecular weight is 665 g/mol. The van der Waals surface area contributed by atoms with Gasteiger partial charge in [-0.3, -0.25) is 15.0 Å². The molecule has 244 valence electrons. The molecule has 0 atom stereocenters. The van der Waals surface area contributed by atoms with Gasteiger partial charge in [-0.25, -0.2) is 0 Å². The summed E-state index contributed by atoms with van der Waals surface area (Å²) < 4.78 is 12.3. The van der Waals surface area contributed by atoms with Gasteiger partial charge in [0.2, 0.25) is 0 Å². The van der Waals surface area contributed by atoms with Gasteiger partial charge in [0, 0.05) is 46.2 Å². The number of ether oxygens (including phenoxy) is 2. The topological polar surface area (TPSA) is 71.2 Å². The molecule has 0 fully saturated rings. The van der Waals surface area contributed by atoms with Gasteiger partial charge in [0.05, 0.1) is 13.2 Å². The van der Waals surface area contributed by atoms with Crippen LogP contribution in [0.3, 0.4) is 0 Å². The second-order valence-corrected chi connectivity index (χ2v) is 11.6. The van der Waals surface area contributed by atoms with Crippen LogP contribution in [0.1, 0.15) is 76.6 Å². The normalized spacial score (nSPS) is 10.9. The van der Waals surface area contributed by atoms with Crippen LogP contribution in [0.4, 0.5) is 0 Å². The van der Waals surface area contributed by atoms with Crippen LogP contribution < -0.4 is 14.5 Å². The molecule has 7 heteroatoms. The van der Waals surface area contributed by atoms with Crippen molar-refractivity contribution in [3.8, 4) is 22.9 Å². The Kier molecular flexibility index (Phi) is 13.4. The molecule has 0 unspecified atom stereocenters. The van der Waals surface area contributed by atoms with Gasteiger partial charge in [0.1, 0.15) is 22.5 Å². The maximum Gasteiger partial charge on any atom is 1.00 e. The van der Waals surface area contributed by atoms with Crippen molar-refractivity contribution in [2.75, 3.05) is 13.2 Å². The summed E-state index contributed by atoms with van der Waals surface area (Å²) >= 11 is 0. The molecule has 6 nitrogen and oxygen atoms in total. The molecular weight excluding hydrogens is 620 g/mol. The van der Waals surface area contributed by atoms with Gasteiger partial charge in [0.25, 0.3) is 0 Å². The number of fused-ring (bicyclic) bond motifs is 4. The number of aryl methyl sites for hydroxylation is 2. The van der Waals surface area contributed by atoms with Crippen molar-refractivity contribution in [2.24, 2.45) is 0 Å². The third-order valence-electron chi connectivity index (χ3n) is 7.85. The summed E-state index contributed by atoms with van der Waals surface area (Å²) in [6, 6.07) is 24.3. The van der Waals surface area contributed by atoms with Crippen molar-refractivity contribution < 1.29 is 26.5 Å². The summed E-state index contributed by atoms with van der Waals surface area (Å²) in [6.07, 6.45) is 11.4. The van der Waals surface area contributed by atoms with Crippen LogP contribution in [0.5, 0.6) is 11.5 Å². The van der Waals surface area contributed by atoms with Gasteiger partial charge in [-0.15, -0.1) is 11.2 Å². The van der Waals surface area contributed by atoms with Gasteiger partial charge >= 0.3 is 17.1 Å². The van der Waals surface area contributed by atoms with Crippen LogP contribution in [-0.2, 0) is 17.1 Å². The zero-order valence-electron chi connectivity index (χ0n) is 27.5. The molecule has 0 bridgehead atoms. The van der Waals surface area contributed by atoms with Crippen LogP contribution >= 0.6 is 0 Å². The molecule has 0 spiro atoms. The van der Waals surface area contributed by atoms with Gasteiger partial charge in [0.15, 0.2) is 0 Å². The minimum atomic E-state index is 0. The second-order valence-electron chi connectivity index (χ2n) is 11.6. The molecule has 0 saturated carbocycles. The Labute approximate surface area is 283 Å². The van der Waals surface area contributed by atoms with E-state index in [1.165, 1.54) is 38.5 Å². The summed E-state index contributed by atoms with van der Waals surface area (Å²) in [5.74, 6) is 1.81. The second kappa shape index (κ2) is 17.7. The Morgan fingerprint density at radius 3 is 1.72 bits per heavy atom. The smallest absolute Gasteiger partial charge is 0.656 e. The first-order chi connectivity index (χ1) is 22.1. The molecule has 0 aliphatic heterocycles. The first kappa shape index (κ1) is 34.9. The summed E-state index contributed by atoms with van der Waals surface area (Å²) in [5, 5.41) is 3.21. The predicted octanol–water partition coefficient (Wildman–Crippen LogP) is 10.2. The number of para-hydroxylation sites is 1. The molecule has 0 aliphatic carbocycles. The maximum atomic E-state index is 6.16. The molecule has 2 aromatic carbocycles. The van der Waals surface area contributed by atoms with Crippen molar-refractivity contribution in [1.82, 2.24) is 19.9 Å². The SMILES string of the molecule is CCCCCCOc1cc(C)nc2c1ccc1c(OCCCCCC)cc(C)nc12.[Cu+].c1ccc(-c2cc3ccccc3[n-]2)nc1. The third-order valence-corrected chi connectivity index (χ3v) is 7.85. The van der Waals surface area contributed by atoms with E-state index in [1.54, 1.807) is 6.20 Å². The molecule has 6 aromatic rings. The van der Waals surface area contributed by atoms with E-state index in [4.69, 9.17) is 19.4 Å². The van der Waals surface area contributed by atoms with Crippen LogP contribution in [0, 0.1) is 13.8 Å². The molecule has 0 saturated heterocycles. The molecular formula is C39H45CuN4O2. The fourth-order valence-electron chi connectivity index (χ4n) is 5.48. The Bertz CT molecular complexity index is 1710. The average Bonchev–Trinajstić information content (AvgIpc) is 3.50. The minimum absolute atomic E-state index is 0. The number of hydrogen-bond acceptors (Lipinski definition) is 5. The maximum absolute atomic E-state index is 6.16. The standard InChI is InChI=1S/C26H36N2O2.C13H9N2.Cu/c1-5-7-9-11-15-29-23-17-19(3)27-25-21(23)13-14-22-24(18-20(4)28-26(22)25)30-16-12-10-8-6-2;1-2-6-11-10(5-1)9-13(15-11)12-7-3-4-8-14-12;/h13-14,17-18H,5-12,15-16H2,1-4H3;1-9H;/q;-1;+1. The molecule has 46 heavy (non-hydrogen) atoms. The molecule has 0 radical (unpaired) electrons. The van der Waals surface area contributed by atoms with E-state index in [1.807, 2.05) is 62.4 Å². The van der Waals surface area contributed by atoms with Gasteiger partial charge in [-0.1, -0.05) is 88.8 Å². The van der Waals surface area contributed by atoms with Crippen molar-refractivity contribution in [1.29, 1.82) is 0 Å². The van der Waals surface area contributed by atoms with Crippen molar-refractivity contribution in [3.63, 3.8) is 0 Å². The summed E-state index contributed by atoms with van der Waals surface area (Å²) in [4.78, 5) is 18.5. The number of pyridine rings is 3. The quantitative estimate of drug-likeness (QED) is 0.0695. The molecule has 4 heterocycles. The van der Waals surface area contributed by atoms with E-state index in [9.17, 15) is 0 Å². The van der Waals surface area contributed by atoms with E-state index < -0.39 is 0 Å². The molecule has 0 aliphatic rings. The molecule has 4 aromatic heterocycles. The van der Waals surface area contributed by atoms with Crippen LogP contribution in [0.15, 0.2) is 79.0 Å². The third kappa shape index (κ3) is 9.08. The Balaban J connectivity index is 0.000000250. The van der Waals surface area contributed by atoms with Gasteiger partial charge in [-0.05, 0) is 56.3 Å². The zero-order chi connectivity index (χ0) is 31.4. The van der Waals surface area contributed by atoms with E-state index in [-0.39, 0.29) is 17.1 Å². The van der Waals surface area contributed by atoms with Crippen molar-refractivity contribution in [3.05, 3.63) is 90.4 Å². The number of benzene rings is 2. The monoisotopic (exact) mass is 664 g/mol. The van der Waals surface area contributed by atoms with E-state index >= 15 is 0 Å². The van der Waals surface area contributed by atoms with Crippen molar-refractivity contribution in [2.45, 2.75) is 79.1 Å². The predicted molar refractivity (Wildman–Crippen MR) is 186 cm³/mol. The van der Waals surface area contributed by atoms with E-state index in [0.717, 1.165) is 93.0 Å². The number of rotatable bonds is 13. The number of nitrogens with zero attached hydrogens (tertiary/aromatic N) is 4. The Hall–Kier alpha value is -3.93. The molecule has 6 rings (SSSR count). The molecule has 0 amide bonds. The summed E-state index contributed by atoms with van der Waals surface area (Å²) in [5.41, 5.74) is 6.59. The largest absolute Gasteiger partial charge is 1.00 e. The number of unbranched alkanes of at least 4 members (excludes halogenated alkanes) is 6. The first-order valence-corrected chi connectivity index (χ1v) is 16.5. The van der Waals surface area contributed by atoms with Crippen LogP contribution in [0.25, 0.3) is 44.1 Å². The fraction of sp³-hybridized carbons (Fsp3) is 0.359. The number of aromatic nitrogens is 4. The number of hydrogen-bond donors (Lipinski definition) is 0. The zero-order valence-corrected chi connectivity index (χ0v) is 28.4. The van der Waals surface area contributed by atoms with Crippen LogP contribution in [-0.4, -0.2) is 28.2 Å². The summed E-state index contributed by atoms with van der Waals surface area (Å²) in [6.45, 7) is 9.97. The van der Waals surface area contributed by atoms with Crippen LogP contribution in [0.2, 0.25) is 0 Å². The van der Waals surface area contributed by atoms with Gasteiger partial charge < -0.3 is 14.5 Å². The van der Waals surface area contributed by atoms with Crippen molar-refractivity contribution >= 4 is 32.7 Å². The first-order valence-electron chi connectivity index (χ1n) is 16.5. The molecule has 0 N–H and O–H groups in total. The summed E-state index contributed by atoms with van der Waals surface area (Å²) in [7, 11) is 0. The fourth-order valence-corrected chi connectivity index (χ4v) is 5.48. The Morgan fingerprint density at radius 2 is 1.20 bits per heavy atom.